The molecule has 0 spiro atoms. The minimum atomic E-state index is -0.711. The highest BCUT2D eigenvalue weighted by atomic mass is 16.5. The predicted octanol–water partition coefficient (Wildman–Crippen LogP) is 3.66. The summed E-state index contributed by atoms with van der Waals surface area (Å²) < 4.78 is 18.1. The first kappa shape index (κ1) is 24.4. The first-order chi connectivity index (χ1) is 16.9. The number of anilines is 2. The molecule has 2 aromatic carbocycles. The first-order valence-electron chi connectivity index (χ1n) is 11.5. The van der Waals surface area contributed by atoms with Crippen LogP contribution >= 0.6 is 0 Å². The molecule has 2 aromatic heterocycles. The Morgan fingerprint density at radius 1 is 1.00 bits per heavy atom. The van der Waals surface area contributed by atoms with Crippen molar-refractivity contribution in [1.82, 2.24) is 15.1 Å². The van der Waals surface area contributed by atoms with Gasteiger partial charge in [-0.15, -0.1) is 4.68 Å². The highest BCUT2D eigenvalue weighted by Crippen LogP contribution is 2.34. The summed E-state index contributed by atoms with van der Waals surface area (Å²) >= 11 is 0. The lowest BCUT2D eigenvalue weighted by Gasteiger charge is -2.28. The van der Waals surface area contributed by atoms with E-state index in [9.17, 15) is 5.11 Å². The quantitative estimate of drug-likeness (QED) is 0.336. The number of H-pyrrole nitrogens is 1. The van der Waals surface area contributed by atoms with Gasteiger partial charge in [0.15, 0.2) is 6.04 Å². The third-order valence-corrected chi connectivity index (χ3v) is 5.74. The molecule has 4 rings (SSSR count). The Balaban J connectivity index is 1.77. The van der Waals surface area contributed by atoms with Gasteiger partial charge in [0, 0.05) is 36.7 Å². The zero-order valence-corrected chi connectivity index (χ0v) is 20.7. The number of aliphatic hydroxyl groups is 1. The van der Waals surface area contributed by atoms with Gasteiger partial charge in [0.25, 0.3) is 0 Å². The van der Waals surface area contributed by atoms with Gasteiger partial charge >= 0.3 is 0 Å². The number of rotatable bonds is 10. The lowest BCUT2D eigenvalue weighted by Crippen LogP contribution is -2.36. The van der Waals surface area contributed by atoms with E-state index in [1.54, 1.807) is 27.5 Å². The van der Waals surface area contributed by atoms with Crippen molar-refractivity contribution in [2.75, 3.05) is 39.4 Å². The summed E-state index contributed by atoms with van der Waals surface area (Å²) in [5, 5.41) is 13.8. The number of hydrogen-bond donors (Lipinski definition) is 2. The number of ether oxygens (including phenoxy) is 3. The second kappa shape index (κ2) is 10.7. The number of nitrogens with zero attached hydrogens (tertiary/aromatic N) is 4. The molecule has 0 bridgehead atoms. The van der Waals surface area contributed by atoms with Crippen LogP contribution < -0.4 is 19.1 Å². The number of methoxy groups -OCH3 is 3. The zero-order valence-electron chi connectivity index (χ0n) is 20.7. The van der Waals surface area contributed by atoms with Crippen molar-refractivity contribution in [3.8, 4) is 22.8 Å². The van der Waals surface area contributed by atoms with Crippen LogP contribution in [0.15, 0.2) is 55.0 Å². The van der Waals surface area contributed by atoms with Gasteiger partial charge in [-0.25, -0.2) is 4.98 Å². The maximum absolute atomic E-state index is 10.6. The summed E-state index contributed by atoms with van der Waals surface area (Å²) in [5.74, 6) is 1.30. The largest absolute Gasteiger partial charge is 0.497 e. The Labute approximate surface area is 204 Å². The highest BCUT2D eigenvalue weighted by molar-refractivity contribution is 5.82. The van der Waals surface area contributed by atoms with Crippen LogP contribution in [0.3, 0.4) is 0 Å². The summed E-state index contributed by atoms with van der Waals surface area (Å²) in [6.07, 6.45) is 5.02. The Morgan fingerprint density at radius 3 is 2.37 bits per heavy atom. The van der Waals surface area contributed by atoms with E-state index in [1.807, 2.05) is 58.4 Å². The van der Waals surface area contributed by atoms with Gasteiger partial charge in [0.05, 0.1) is 68.2 Å². The van der Waals surface area contributed by atoms with Crippen molar-refractivity contribution in [2.45, 2.75) is 26.0 Å². The van der Waals surface area contributed by atoms with Gasteiger partial charge in [0.2, 0.25) is 6.20 Å². The molecule has 1 atom stereocenters. The molecular formula is C26H32N5O4+. The summed E-state index contributed by atoms with van der Waals surface area (Å²) in [6.45, 7) is 4.73. The molecule has 0 aliphatic heterocycles. The van der Waals surface area contributed by atoms with Crippen molar-refractivity contribution in [3.63, 3.8) is 0 Å². The molecule has 9 nitrogen and oxygen atoms in total. The number of fused-ring (bicyclic) bond motifs is 1. The summed E-state index contributed by atoms with van der Waals surface area (Å²) in [7, 11) is 4.79. The maximum Gasteiger partial charge on any atom is 0.205 e. The van der Waals surface area contributed by atoms with Gasteiger partial charge in [-0.05, 0) is 32.0 Å². The lowest BCUT2D eigenvalue weighted by atomic mass is 10.1. The van der Waals surface area contributed by atoms with E-state index in [-0.39, 0.29) is 6.61 Å². The van der Waals surface area contributed by atoms with Gasteiger partial charge in [-0.3, -0.25) is 4.98 Å². The minimum absolute atomic E-state index is 0.207. The SMILES string of the molecule is COC[C@@H](O)CN(c1cc(OC)cc(OC)c1)c1ccc2ncc(-c3c[nH][n+](C(C)C)c3)nc2c1. The van der Waals surface area contributed by atoms with Gasteiger partial charge in [-0.2, -0.15) is 5.10 Å². The molecule has 0 radical (unpaired) electrons. The average molecular weight is 479 g/mol. The number of hydrogen-bond acceptors (Lipinski definition) is 7. The Kier molecular flexibility index (Phi) is 7.48. The third kappa shape index (κ3) is 5.52. The molecule has 0 amide bonds. The van der Waals surface area contributed by atoms with Crippen molar-refractivity contribution in [2.24, 2.45) is 0 Å². The first-order valence-corrected chi connectivity index (χ1v) is 11.5. The van der Waals surface area contributed by atoms with E-state index in [0.29, 0.717) is 24.1 Å². The van der Waals surface area contributed by atoms with Crippen LogP contribution in [-0.4, -0.2) is 60.8 Å². The number of benzene rings is 2. The fraction of sp³-hybridized carbons (Fsp3) is 0.346. The van der Waals surface area contributed by atoms with E-state index in [4.69, 9.17) is 19.2 Å². The molecule has 0 saturated heterocycles. The number of aromatic nitrogens is 4. The summed E-state index contributed by atoms with van der Waals surface area (Å²) in [4.78, 5) is 11.5. The molecule has 4 aromatic rings. The molecule has 2 heterocycles. The van der Waals surface area contributed by atoms with Crippen LogP contribution in [0, 0.1) is 0 Å². The Morgan fingerprint density at radius 2 is 1.74 bits per heavy atom. The van der Waals surface area contributed by atoms with Gasteiger partial charge in [0.1, 0.15) is 11.5 Å². The van der Waals surface area contributed by atoms with Crippen LogP contribution in [0.5, 0.6) is 11.5 Å². The van der Waals surface area contributed by atoms with Crippen LogP contribution in [0.2, 0.25) is 0 Å². The fourth-order valence-electron chi connectivity index (χ4n) is 3.88. The van der Waals surface area contributed by atoms with Crippen molar-refractivity contribution in [3.05, 3.63) is 55.0 Å². The maximum atomic E-state index is 10.6. The van der Waals surface area contributed by atoms with E-state index in [2.05, 4.69) is 23.9 Å². The van der Waals surface area contributed by atoms with Crippen molar-refractivity contribution >= 4 is 22.4 Å². The normalized spacial score (nSPS) is 12.2. The molecule has 0 fully saturated rings. The number of aromatic amines is 1. The third-order valence-electron chi connectivity index (χ3n) is 5.74. The van der Waals surface area contributed by atoms with E-state index in [0.717, 1.165) is 33.7 Å². The Bertz CT molecular complexity index is 1270. The second-order valence-corrected chi connectivity index (χ2v) is 8.58. The smallest absolute Gasteiger partial charge is 0.205 e. The molecule has 0 unspecified atom stereocenters. The lowest BCUT2D eigenvalue weighted by molar-refractivity contribution is -0.767. The van der Waals surface area contributed by atoms with E-state index in [1.165, 1.54) is 0 Å². The van der Waals surface area contributed by atoms with Crippen molar-refractivity contribution < 1.29 is 24.0 Å². The molecule has 0 aliphatic rings. The molecule has 0 aliphatic carbocycles. The van der Waals surface area contributed by atoms with Gasteiger partial charge in [-0.1, -0.05) is 0 Å². The second-order valence-electron chi connectivity index (χ2n) is 8.58. The number of aliphatic hydroxyl groups excluding tert-OH is 1. The molecule has 184 valence electrons. The molecule has 9 heteroatoms. The minimum Gasteiger partial charge on any atom is -0.497 e. The van der Waals surface area contributed by atoms with E-state index >= 15 is 0 Å². The number of nitrogens with one attached hydrogen (secondary N) is 1. The molecule has 2 N–H and O–H groups in total. The van der Waals surface area contributed by atoms with Crippen LogP contribution in [-0.2, 0) is 4.74 Å². The monoisotopic (exact) mass is 478 g/mol. The standard InChI is InChI=1S/C26H31N5O4/c1-17(2)31-14-18(12-28-31)26-13-27-24-7-6-19(10-25(24)29-26)30(15-21(32)16-33-3)20-8-22(34-4)11-23(9-20)35-5/h6-14,17,21,32H,15-16H2,1-5H3/p+1/t21-/m0/s1. The summed E-state index contributed by atoms with van der Waals surface area (Å²) in [6, 6.07) is 11.8. The molecule has 35 heavy (non-hydrogen) atoms. The van der Waals surface area contributed by atoms with Crippen LogP contribution in [0.4, 0.5) is 11.4 Å². The van der Waals surface area contributed by atoms with E-state index < -0.39 is 6.10 Å². The highest BCUT2D eigenvalue weighted by Gasteiger charge is 2.18. The molecule has 0 saturated carbocycles. The topological polar surface area (TPSA) is 96.6 Å². The fourth-order valence-corrected chi connectivity index (χ4v) is 3.88. The zero-order chi connectivity index (χ0) is 24.9. The molecular weight excluding hydrogens is 446 g/mol. The van der Waals surface area contributed by atoms with Gasteiger partial charge < -0.3 is 24.2 Å². The Hall–Kier alpha value is -3.69. The van der Waals surface area contributed by atoms with Crippen LogP contribution in [0.25, 0.3) is 22.3 Å². The summed E-state index contributed by atoms with van der Waals surface area (Å²) in [5.41, 5.74) is 4.93. The van der Waals surface area contributed by atoms with Crippen molar-refractivity contribution in [1.29, 1.82) is 0 Å². The van der Waals surface area contributed by atoms with Crippen LogP contribution in [0.1, 0.15) is 19.9 Å². The average Bonchev–Trinajstić information content (AvgIpc) is 3.37. The predicted molar refractivity (Wildman–Crippen MR) is 134 cm³/mol.